The van der Waals surface area contributed by atoms with Crippen molar-refractivity contribution in [2.75, 3.05) is 25.8 Å². The first-order chi connectivity index (χ1) is 9.53. The lowest BCUT2D eigenvalue weighted by molar-refractivity contribution is 0.355. The Kier molecular flexibility index (Phi) is 4.08. The molecule has 1 aromatic heterocycles. The van der Waals surface area contributed by atoms with Gasteiger partial charge >= 0.3 is 0 Å². The van der Waals surface area contributed by atoms with Gasteiger partial charge in [0.15, 0.2) is 17.3 Å². The highest BCUT2D eigenvalue weighted by molar-refractivity contribution is 9.10. The second kappa shape index (κ2) is 5.62. The topological polar surface area (TPSA) is 88.3 Å². The number of anilines is 1. The first-order valence-corrected chi connectivity index (χ1v) is 6.86. The molecule has 4 N–H and O–H groups in total. The lowest BCUT2D eigenvalue weighted by Gasteiger charge is -2.11. The van der Waals surface area contributed by atoms with Crippen molar-refractivity contribution in [1.29, 1.82) is 0 Å². The molecule has 2 rings (SSSR count). The number of hydrogen-bond acceptors (Lipinski definition) is 5. The number of nitrogens with zero attached hydrogens (tertiary/aromatic N) is 2. The van der Waals surface area contributed by atoms with Gasteiger partial charge in [0.2, 0.25) is 0 Å². The quantitative estimate of drug-likeness (QED) is 0.833. The molecule has 1 aromatic carbocycles. The molecule has 1 heterocycles. The summed E-state index contributed by atoms with van der Waals surface area (Å²) in [6.07, 6.45) is 0.700. The van der Waals surface area contributed by atoms with Gasteiger partial charge in [-0.15, -0.1) is 0 Å². The van der Waals surface area contributed by atoms with Crippen molar-refractivity contribution in [2.45, 2.75) is 13.3 Å². The summed E-state index contributed by atoms with van der Waals surface area (Å²) in [6, 6.07) is 3.63. The molecule has 0 saturated carbocycles. The number of aryl methyl sites for hydroxylation is 1. The number of halogens is 1. The van der Waals surface area contributed by atoms with E-state index in [-0.39, 0.29) is 0 Å². The van der Waals surface area contributed by atoms with Crippen LogP contribution in [-0.4, -0.2) is 23.9 Å². The molecule has 6 nitrogen and oxygen atoms in total. The van der Waals surface area contributed by atoms with E-state index < -0.39 is 0 Å². The van der Waals surface area contributed by atoms with Crippen molar-refractivity contribution in [3.8, 4) is 22.8 Å². The molecule has 0 aliphatic rings. The number of nitrogens with two attached hydrogens (primary N) is 2. The summed E-state index contributed by atoms with van der Waals surface area (Å²) in [4.78, 5) is 4.48. The molecule has 0 amide bonds. The summed E-state index contributed by atoms with van der Waals surface area (Å²) in [5, 5.41) is 0. The normalized spacial score (nSPS) is 10.6. The van der Waals surface area contributed by atoms with Crippen molar-refractivity contribution < 1.29 is 9.47 Å². The largest absolute Gasteiger partial charge is 0.493 e. The SMILES string of the molecule is CCc1nc(-c2cc(OC)c(OC)cc2Br)c(N)n1N. The summed E-state index contributed by atoms with van der Waals surface area (Å²) < 4.78 is 12.8. The van der Waals surface area contributed by atoms with E-state index >= 15 is 0 Å². The predicted molar refractivity (Wildman–Crippen MR) is 82.4 cm³/mol. The molecule has 108 valence electrons. The monoisotopic (exact) mass is 340 g/mol. The van der Waals surface area contributed by atoms with Crippen LogP contribution in [0.3, 0.4) is 0 Å². The van der Waals surface area contributed by atoms with E-state index in [0.717, 1.165) is 15.9 Å². The number of ether oxygens (including phenoxy) is 2. The maximum Gasteiger partial charge on any atom is 0.161 e. The average Bonchev–Trinajstić information content (AvgIpc) is 2.74. The third-order valence-corrected chi connectivity index (χ3v) is 3.72. The van der Waals surface area contributed by atoms with Crippen molar-refractivity contribution in [3.05, 3.63) is 22.4 Å². The zero-order valence-electron chi connectivity index (χ0n) is 11.6. The molecule has 0 aliphatic carbocycles. The van der Waals surface area contributed by atoms with Crippen LogP contribution in [-0.2, 0) is 6.42 Å². The maximum atomic E-state index is 6.02. The minimum Gasteiger partial charge on any atom is -0.493 e. The summed E-state index contributed by atoms with van der Waals surface area (Å²) in [5.74, 6) is 8.25. The Balaban J connectivity index is 2.63. The van der Waals surface area contributed by atoms with Gasteiger partial charge in [0.05, 0.1) is 14.2 Å². The standard InChI is InChI=1S/C13H17BrN4O2/c1-4-11-17-12(13(15)18(11)16)7-5-9(19-2)10(20-3)6-8(7)14/h5-6H,4,15-16H2,1-3H3. The van der Waals surface area contributed by atoms with Gasteiger partial charge in [0, 0.05) is 16.5 Å². The smallest absolute Gasteiger partial charge is 0.161 e. The summed E-state index contributed by atoms with van der Waals surface area (Å²) in [5.41, 5.74) is 7.45. The summed E-state index contributed by atoms with van der Waals surface area (Å²) in [7, 11) is 3.17. The van der Waals surface area contributed by atoms with Gasteiger partial charge in [-0.25, -0.2) is 9.66 Å². The fourth-order valence-electron chi connectivity index (χ4n) is 1.98. The van der Waals surface area contributed by atoms with E-state index in [1.165, 1.54) is 4.68 Å². The Labute approximate surface area is 125 Å². The number of aromatic nitrogens is 2. The number of rotatable bonds is 4. The highest BCUT2D eigenvalue weighted by Gasteiger charge is 2.18. The third-order valence-electron chi connectivity index (χ3n) is 3.07. The van der Waals surface area contributed by atoms with Crippen molar-refractivity contribution in [2.24, 2.45) is 0 Å². The fraction of sp³-hybridized carbons (Fsp3) is 0.308. The highest BCUT2D eigenvalue weighted by atomic mass is 79.9. The zero-order chi connectivity index (χ0) is 14.9. The number of methoxy groups -OCH3 is 2. The van der Waals surface area contributed by atoms with Crippen LogP contribution in [0.5, 0.6) is 11.5 Å². The molecule has 0 aliphatic heterocycles. The van der Waals surface area contributed by atoms with Crippen LogP contribution in [0.2, 0.25) is 0 Å². The minimum atomic E-state index is 0.412. The van der Waals surface area contributed by atoms with E-state index in [0.29, 0.717) is 29.4 Å². The van der Waals surface area contributed by atoms with Crippen LogP contribution in [0.4, 0.5) is 5.82 Å². The van der Waals surface area contributed by atoms with Gasteiger partial charge in [-0.3, -0.25) is 0 Å². The Hall–Kier alpha value is -1.89. The first kappa shape index (κ1) is 14.5. The van der Waals surface area contributed by atoms with Crippen LogP contribution >= 0.6 is 15.9 Å². The molecule has 7 heteroatoms. The van der Waals surface area contributed by atoms with E-state index in [1.54, 1.807) is 14.2 Å². The van der Waals surface area contributed by atoms with Gasteiger partial charge in [-0.1, -0.05) is 6.92 Å². The molecule has 0 atom stereocenters. The lowest BCUT2D eigenvalue weighted by atomic mass is 10.1. The van der Waals surface area contributed by atoms with Crippen molar-refractivity contribution >= 4 is 21.7 Å². The van der Waals surface area contributed by atoms with E-state index in [9.17, 15) is 0 Å². The Bertz CT molecular complexity index is 640. The molecule has 20 heavy (non-hydrogen) atoms. The number of imidazole rings is 1. The summed E-state index contributed by atoms with van der Waals surface area (Å²) in [6.45, 7) is 1.97. The number of benzene rings is 1. The van der Waals surface area contributed by atoms with Gasteiger partial charge in [0.1, 0.15) is 11.5 Å². The maximum absolute atomic E-state index is 6.02. The Morgan fingerprint density at radius 2 is 1.85 bits per heavy atom. The second-order valence-corrected chi connectivity index (χ2v) is 5.03. The van der Waals surface area contributed by atoms with Gasteiger partial charge in [-0.2, -0.15) is 0 Å². The summed E-state index contributed by atoms with van der Waals surface area (Å²) >= 11 is 3.50. The third kappa shape index (κ3) is 2.29. The molecule has 0 unspecified atom stereocenters. The van der Waals surface area contributed by atoms with E-state index in [2.05, 4.69) is 20.9 Å². The van der Waals surface area contributed by atoms with Crippen molar-refractivity contribution in [1.82, 2.24) is 9.66 Å². The fourth-order valence-corrected chi connectivity index (χ4v) is 2.49. The lowest BCUT2D eigenvalue weighted by Crippen LogP contribution is -2.14. The van der Waals surface area contributed by atoms with Gasteiger partial charge in [0.25, 0.3) is 0 Å². The highest BCUT2D eigenvalue weighted by Crippen LogP contribution is 2.39. The number of hydrogen-bond donors (Lipinski definition) is 2. The van der Waals surface area contributed by atoms with Crippen LogP contribution in [0.15, 0.2) is 16.6 Å². The molecule has 0 spiro atoms. The van der Waals surface area contributed by atoms with Crippen LogP contribution < -0.4 is 21.1 Å². The molecule has 0 bridgehead atoms. The van der Waals surface area contributed by atoms with Crippen LogP contribution in [0.1, 0.15) is 12.7 Å². The van der Waals surface area contributed by atoms with Crippen LogP contribution in [0, 0.1) is 0 Å². The predicted octanol–water partition coefficient (Wildman–Crippen LogP) is 2.19. The molecule has 0 saturated heterocycles. The molecular formula is C13H17BrN4O2. The van der Waals surface area contributed by atoms with E-state index in [1.807, 2.05) is 19.1 Å². The molecule has 2 aromatic rings. The second-order valence-electron chi connectivity index (χ2n) is 4.17. The first-order valence-electron chi connectivity index (χ1n) is 6.07. The zero-order valence-corrected chi connectivity index (χ0v) is 13.2. The molecule has 0 fully saturated rings. The number of nitrogen functional groups attached to an aromatic ring is 2. The molecule has 0 radical (unpaired) electrons. The Morgan fingerprint density at radius 1 is 1.25 bits per heavy atom. The minimum absolute atomic E-state index is 0.412. The van der Waals surface area contributed by atoms with Gasteiger partial charge in [-0.05, 0) is 28.1 Å². The Morgan fingerprint density at radius 3 is 2.35 bits per heavy atom. The molecular weight excluding hydrogens is 324 g/mol. The van der Waals surface area contributed by atoms with E-state index in [4.69, 9.17) is 21.1 Å². The van der Waals surface area contributed by atoms with Crippen molar-refractivity contribution in [3.63, 3.8) is 0 Å². The average molecular weight is 341 g/mol. The van der Waals surface area contributed by atoms with Gasteiger partial charge < -0.3 is 21.1 Å². The van der Waals surface area contributed by atoms with Crippen LogP contribution in [0.25, 0.3) is 11.3 Å².